The Bertz CT molecular complexity index is 950. The monoisotopic (exact) mass is 435 g/mol. The fraction of sp³-hybridized carbons (Fsp3) is 0.375. The van der Waals surface area contributed by atoms with Crippen LogP contribution in [0.15, 0.2) is 48.5 Å². The van der Waals surface area contributed by atoms with Gasteiger partial charge in [0.05, 0.1) is 6.42 Å². The van der Waals surface area contributed by atoms with Gasteiger partial charge in [-0.1, -0.05) is 19.1 Å². The molecule has 2 aliphatic heterocycles. The molecule has 2 aromatic rings. The number of nitrogens with one attached hydrogen (secondary N) is 4. The highest BCUT2D eigenvalue weighted by Crippen LogP contribution is 2.25. The second-order valence-corrected chi connectivity index (χ2v) is 8.53. The molecule has 1 unspecified atom stereocenters. The predicted octanol–water partition coefficient (Wildman–Crippen LogP) is 2.88. The van der Waals surface area contributed by atoms with E-state index in [1.165, 1.54) is 18.5 Å². The van der Waals surface area contributed by atoms with Gasteiger partial charge in [-0.05, 0) is 60.7 Å². The molecule has 0 radical (unpaired) electrons. The van der Waals surface area contributed by atoms with E-state index in [0.29, 0.717) is 6.54 Å². The van der Waals surface area contributed by atoms with Crippen molar-refractivity contribution in [2.75, 3.05) is 23.3 Å². The second-order valence-electron chi connectivity index (χ2n) is 8.53. The largest absolute Gasteiger partial charge is 0.372 e. The molecule has 4 N–H and O–H groups in total. The van der Waals surface area contributed by atoms with Crippen LogP contribution in [0.25, 0.3) is 0 Å². The molecule has 0 aromatic heterocycles. The molecule has 32 heavy (non-hydrogen) atoms. The zero-order valence-electron chi connectivity index (χ0n) is 18.2. The predicted molar refractivity (Wildman–Crippen MR) is 124 cm³/mol. The summed E-state index contributed by atoms with van der Waals surface area (Å²) in [7, 11) is 0. The van der Waals surface area contributed by atoms with Gasteiger partial charge in [-0.15, -0.1) is 0 Å². The van der Waals surface area contributed by atoms with Gasteiger partial charge in [-0.2, -0.15) is 0 Å². The first kappa shape index (κ1) is 21.7. The molecule has 0 saturated carbocycles. The smallest absolute Gasteiger partial charge is 0.322 e. The van der Waals surface area contributed by atoms with E-state index in [9.17, 15) is 14.4 Å². The standard InChI is InChI=1S/C24H29N5O3/c1-16-10-12-29(13-11-16)20-8-6-19(7-9-20)26-18-4-2-17(3-5-18)15-25-23(31)21-14-22(30)28-24(32)27-21/h2-9,16,21,26H,10-15H2,1H3,(H,25,31)(H2,27,28,30,32). The molecule has 2 aromatic carbocycles. The number of hydrogen-bond donors (Lipinski definition) is 4. The van der Waals surface area contributed by atoms with Crippen LogP contribution in [-0.2, 0) is 16.1 Å². The van der Waals surface area contributed by atoms with Crippen molar-refractivity contribution in [1.82, 2.24) is 16.0 Å². The second kappa shape index (κ2) is 9.72. The topological polar surface area (TPSA) is 103 Å². The van der Waals surface area contributed by atoms with Gasteiger partial charge in [0, 0.05) is 36.7 Å². The van der Waals surface area contributed by atoms with E-state index in [2.05, 4.69) is 57.4 Å². The van der Waals surface area contributed by atoms with Gasteiger partial charge in [0.2, 0.25) is 11.8 Å². The van der Waals surface area contributed by atoms with Gasteiger partial charge in [-0.3, -0.25) is 14.9 Å². The van der Waals surface area contributed by atoms with Gasteiger partial charge >= 0.3 is 6.03 Å². The Morgan fingerprint density at radius 2 is 1.62 bits per heavy atom. The minimum atomic E-state index is -0.839. The van der Waals surface area contributed by atoms with Crippen LogP contribution in [0.1, 0.15) is 31.7 Å². The third kappa shape index (κ3) is 5.57. The lowest BCUT2D eigenvalue weighted by Gasteiger charge is -2.32. The number of anilines is 3. The molecular weight excluding hydrogens is 406 g/mol. The summed E-state index contributed by atoms with van der Waals surface area (Å²) in [5.41, 5.74) is 4.16. The van der Waals surface area contributed by atoms with Crippen LogP contribution >= 0.6 is 0 Å². The van der Waals surface area contributed by atoms with Gasteiger partial charge in [0.15, 0.2) is 0 Å². The van der Waals surface area contributed by atoms with Crippen LogP contribution in [-0.4, -0.2) is 37.0 Å². The number of rotatable bonds is 6. The zero-order valence-corrected chi connectivity index (χ0v) is 18.2. The van der Waals surface area contributed by atoms with Crippen LogP contribution in [0.2, 0.25) is 0 Å². The summed E-state index contributed by atoms with van der Waals surface area (Å²) >= 11 is 0. The number of carbonyl (C=O) groups is 3. The number of piperidine rings is 1. The Balaban J connectivity index is 1.27. The van der Waals surface area contributed by atoms with Crippen molar-refractivity contribution in [2.24, 2.45) is 5.92 Å². The van der Waals surface area contributed by atoms with Crippen LogP contribution in [0.3, 0.4) is 0 Å². The third-order valence-corrected chi connectivity index (χ3v) is 5.99. The Hall–Kier alpha value is -3.55. The fourth-order valence-electron chi connectivity index (χ4n) is 3.97. The van der Waals surface area contributed by atoms with Crippen LogP contribution in [0, 0.1) is 5.92 Å². The molecule has 2 aliphatic rings. The van der Waals surface area contributed by atoms with E-state index >= 15 is 0 Å². The normalized spacial score (nSPS) is 19.2. The molecule has 0 bridgehead atoms. The summed E-state index contributed by atoms with van der Waals surface area (Å²) < 4.78 is 0. The maximum absolute atomic E-state index is 12.2. The Morgan fingerprint density at radius 3 is 2.25 bits per heavy atom. The van der Waals surface area contributed by atoms with E-state index in [0.717, 1.165) is 35.9 Å². The number of amides is 4. The lowest BCUT2D eigenvalue weighted by Crippen LogP contribution is -2.57. The SMILES string of the molecule is CC1CCN(c2ccc(Nc3ccc(CNC(=O)C4CC(=O)NC(=O)N4)cc3)cc2)CC1. The van der Waals surface area contributed by atoms with Crippen molar-refractivity contribution in [1.29, 1.82) is 0 Å². The highest BCUT2D eigenvalue weighted by atomic mass is 16.2. The fourth-order valence-corrected chi connectivity index (χ4v) is 3.97. The van der Waals surface area contributed by atoms with Gasteiger partial charge < -0.3 is 20.9 Å². The highest BCUT2D eigenvalue weighted by molar-refractivity contribution is 6.02. The van der Waals surface area contributed by atoms with E-state index in [1.54, 1.807) is 0 Å². The molecule has 4 amide bonds. The third-order valence-electron chi connectivity index (χ3n) is 5.99. The molecule has 0 spiro atoms. The minimum absolute atomic E-state index is 0.0594. The Kier molecular flexibility index (Phi) is 6.58. The Morgan fingerprint density at radius 1 is 1.00 bits per heavy atom. The van der Waals surface area contributed by atoms with E-state index in [4.69, 9.17) is 0 Å². The van der Waals surface area contributed by atoms with Gasteiger partial charge in [-0.25, -0.2) is 4.79 Å². The van der Waals surface area contributed by atoms with E-state index in [-0.39, 0.29) is 12.3 Å². The number of imide groups is 1. The van der Waals surface area contributed by atoms with Crippen LogP contribution in [0.5, 0.6) is 0 Å². The van der Waals surface area contributed by atoms with Crippen molar-refractivity contribution in [2.45, 2.75) is 38.8 Å². The van der Waals surface area contributed by atoms with Crippen molar-refractivity contribution < 1.29 is 14.4 Å². The quantitative estimate of drug-likeness (QED) is 0.559. The number of benzene rings is 2. The average Bonchev–Trinajstić information content (AvgIpc) is 2.79. The minimum Gasteiger partial charge on any atom is -0.372 e. The van der Waals surface area contributed by atoms with Gasteiger partial charge in [0.25, 0.3) is 0 Å². The van der Waals surface area contributed by atoms with Gasteiger partial charge in [0.1, 0.15) is 6.04 Å². The van der Waals surface area contributed by atoms with E-state index in [1.807, 2.05) is 24.3 Å². The molecule has 168 valence electrons. The molecule has 2 heterocycles. The summed E-state index contributed by atoms with van der Waals surface area (Å²) in [6, 6.07) is 14.8. The van der Waals surface area contributed by atoms with Crippen molar-refractivity contribution in [3.8, 4) is 0 Å². The molecule has 2 fully saturated rings. The lowest BCUT2D eigenvalue weighted by atomic mass is 9.99. The van der Waals surface area contributed by atoms with Crippen molar-refractivity contribution >= 4 is 34.9 Å². The molecule has 0 aliphatic carbocycles. The van der Waals surface area contributed by atoms with Crippen LogP contribution in [0.4, 0.5) is 21.9 Å². The lowest BCUT2D eigenvalue weighted by molar-refractivity contribution is -0.128. The zero-order chi connectivity index (χ0) is 22.5. The average molecular weight is 436 g/mol. The first-order valence-corrected chi connectivity index (χ1v) is 11.1. The molecule has 2 saturated heterocycles. The molecule has 8 heteroatoms. The first-order chi connectivity index (χ1) is 15.5. The molecule has 1 atom stereocenters. The highest BCUT2D eigenvalue weighted by Gasteiger charge is 2.29. The number of carbonyl (C=O) groups excluding carboxylic acids is 3. The summed E-state index contributed by atoms with van der Waals surface area (Å²) in [6.45, 7) is 4.87. The Labute approximate surface area is 187 Å². The van der Waals surface area contributed by atoms with E-state index < -0.39 is 18.0 Å². The number of urea groups is 1. The van der Waals surface area contributed by atoms with Crippen molar-refractivity contribution in [3.05, 3.63) is 54.1 Å². The van der Waals surface area contributed by atoms with Crippen LogP contribution < -0.4 is 26.2 Å². The molecule has 8 nitrogen and oxygen atoms in total. The molecule has 4 rings (SSSR count). The first-order valence-electron chi connectivity index (χ1n) is 11.1. The molecular formula is C24H29N5O3. The summed E-state index contributed by atoms with van der Waals surface area (Å²) in [5.74, 6) is -0.0142. The summed E-state index contributed by atoms with van der Waals surface area (Å²) in [6.07, 6.45) is 2.44. The summed E-state index contributed by atoms with van der Waals surface area (Å²) in [5, 5.41) is 10.7. The summed E-state index contributed by atoms with van der Waals surface area (Å²) in [4.78, 5) is 37.4. The number of nitrogens with zero attached hydrogens (tertiary/aromatic N) is 1. The number of hydrogen-bond acceptors (Lipinski definition) is 5. The maximum atomic E-state index is 12.2. The van der Waals surface area contributed by atoms with Crippen molar-refractivity contribution in [3.63, 3.8) is 0 Å². The maximum Gasteiger partial charge on any atom is 0.322 e.